The average Bonchev–Trinajstić information content (AvgIpc) is 2.57. The maximum atomic E-state index is 10.6. The average molecular weight is 496 g/mol. The minimum absolute atomic E-state index is 0.234. The molecule has 0 unspecified atom stereocenters. The zero-order valence-electron chi connectivity index (χ0n) is 18.6. The molecule has 0 aliphatic heterocycles. The molecule has 0 radical (unpaired) electrons. The van der Waals surface area contributed by atoms with Gasteiger partial charge in [-0.25, -0.2) is 0 Å². The summed E-state index contributed by atoms with van der Waals surface area (Å²) >= 11 is -0.929. The molecule has 8 nitrogen and oxygen atoms in total. The van der Waals surface area contributed by atoms with Crippen LogP contribution in [-0.4, -0.2) is 35.7 Å². The Kier molecular flexibility index (Phi) is 26.4. The summed E-state index contributed by atoms with van der Waals surface area (Å²) in [4.78, 5) is 40.9. The molecule has 0 spiro atoms. The van der Waals surface area contributed by atoms with E-state index in [9.17, 15) is 29.4 Å². The molecule has 0 saturated heterocycles. The first-order valence-corrected chi connectivity index (χ1v) is 12.0. The van der Waals surface area contributed by atoms with Crippen molar-refractivity contribution < 1.29 is 59.1 Å². The van der Waals surface area contributed by atoms with E-state index in [0.717, 1.165) is 25.7 Å². The standard InChI is InChI=1S/2C7H12O3.2C3H7O.Zr/c2*1-2-3-4-6(8)5-7(9)10;2*1-3(2)4;/h2*2-5H2,1H3,(H,9,10);2*3H,1-2H3;/q;;2*-1;+4/p-2. The number of carboxylic acid groups (broad SMARTS) is 2. The van der Waals surface area contributed by atoms with E-state index in [-0.39, 0.29) is 11.6 Å². The van der Waals surface area contributed by atoms with Crippen LogP contribution in [0.3, 0.4) is 0 Å². The Morgan fingerprint density at radius 3 is 1.24 bits per heavy atom. The minimum Gasteiger partial charge on any atom is -0.550 e. The first-order valence-electron chi connectivity index (χ1n) is 9.95. The SMILES string of the molecule is CC(C)[O][Zr+2][O]C(C)C.CCCCC(=O)CC(=O)[O-].CCCCC(=O)CC(=O)[O-]. The molecule has 0 heterocycles. The van der Waals surface area contributed by atoms with Gasteiger partial charge in [0.05, 0.1) is 0 Å². The van der Waals surface area contributed by atoms with Crippen LogP contribution in [0.4, 0.5) is 0 Å². The summed E-state index contributed by atoms with van der Waals surface area (Å²) in [5.74, 6) is -3.02. The van der Waals surface area contributed by atoms with Crippen LogP contribution in [0.5, 0.6) is 0 Å². The van der Waals surface area contributed by atoms with Crippen molar-refractivity contribution in [2.45, 2.75) is 105 Å². The summed E-state index contributed by atoms with van der Waals surface area (Å²) in [6, 6.07) is 0. The molecule has 168 valence electrons. The molecule has 0 N–H and O–H groups in total. The Labute approximate surface area is 187 Å². The summed E-state index contributed by atoms with van der Waals surface area (Å²) in [6.07, 6.45) is 3.93. The number of carbonyl (C=O) groups is 4. The van der Waals surface area contributed by atoms with Crippen molar-refractivity contribution in [1.29, 1.82) is 0 Å². The predicted molar refractivity (Wildman–Crippen MR) is 101 cm³/mol. The van der Waals surface area contributed by atoms with Crippen molar-refractivity contribution in [2.24, 2.45) is 0 Å². The summed E-state index contributed by atoms with van der Waals surface area (Å²) in [5.41, 5.74) is 0. The summed E-state index contributed by atoms with van der Waals surface area (Å²) in [5, 5.41) is 19.7. The molecule has 0 aromatic heterocycles. The van der Waals surface area contributed by atoms with Crippen LogP contribution in [0, 0.1) is 0 Å². The van der Waals surface area contributed by atoms with Gasteiger partial charge in [-0.15, -0.1) is 0 Å². The van der Waals surface area contributed by atoms with E-state index >= 15 is 0 Å². The van der Waals surface area contributed by atoms with Gasteiger partial charge >= 0.3 is 69.6 Å². The third-order valence-electron chi connectivity index (χ3n) is 2.87. The van der Waals surface area contributed by atoms with Gasteiger partial charge in [0.1, 0.15) is 11.6 Å². The van der Waals surface area contributed by atoms with Gasteiger partial charge in [-0.2, -0.15) is 0 Å². The van der Waals surface area contributed by atoms with Crippen LogP contribution in [-0.2, 0) is 48.9 Å². The third kappa shape index (κ3) is 38.3. The number of unbranched alkanes of at least 4 members (excludes halogenated alkanes) is 2. The van der Waals surface area contributed by atoms with Gasteiger partial charge in [-0.3, -0.25) is 9.59 Å². The number of Topliss-reactive ketones (excluding diaryl/α,β-unsaturated/α-hetero) is 2. The normalized spacial score (nSPS) is 9.66. The Morgan fingerprint density at radius 2 is 1.03 bits per heavy atom. The number of carboxylic acids is 2. The van der Waals surface area contributed by atoms with Crippen molar-refractivity contribution >= 4 is 23.5 Å². The van der Waals surface area contributed by atoms with Crippen LogP contribution in [0.25, 0.3) is 0 Å². The molecule has 0 aromatic carbocycles. The summed E-state index contributed by atoms with van der Waals surface area (Å²) in [7, 11) is 0. The van der Waals surface area contributed by atoms with Gasteiger partial charge in [0.25, 0.3) is 0 Å². The quantitative estimate of drug-likeness (QED) is 0.331. The maximum Gasteiger partial charge on any atom is 0.138 e. The van der Waals surface area contributed by atoms with Gasteiger partial charge in [0.2, 0.25) is 0 Å². The van der Waals surface area contributed by atoms with Crippen molar-refractivity contribution in [1.82, 2.24) is 0 Å². The monoisotopic (exact) mass is 494 g/mol. The van der Waals surface area contributed by atoms with Crippen molar-refractivity contribution in [3.8, 4) is 0 Å². The minimum atomic E-state index is -1.28. The van der Waals surface area contributed by atoms with E-state index in [2.05, 4.69) is 0 Å². The summed E-state index contributed by atoms with van der Waals surface area (Å²) in [6.45, 7) is 12.0. The van der Waals surface area contributed by atoms with Gasteiger partial charge in [-0.05, 0) is 12.8 Å². The molecule has 0 aromatic rings. The van der Waals surface area contributed by atoms with E-state index in [1.54, 1.807) is 0 Å². The number of ketones is 2. The van der Waals surface area contributed by atoms with Crippen molar-refractivity contribution in [3.05, 3.63) is 0 Å². The van der Waals surface area contributed by atoms with Gasteiger partial charge in [0.15, 0.2) is 0 Å². The summed E-state index contributed by atoms with van der Waals surface area (Å²) < 4.78 is 10.6. The second kappa shape index (κ2) is 23.4. The first-order chi connectivity index (χ1) is 13.5. The maximum absolute atomic E-state index is 10.6. The fourth-order valence-corrected chi connectivity index (χ4v) is 2.55. The molecule has 0 atom stereocenters. The van der Waals surface area contributed by atoms with Gasteiger partial charge in [0, 0.05) is 37.6 Å². The largest absolute Gasteiger partial charge is 0.550 e. The van der Waals surface area contributed by atoms with Gasteiger partial charge in [-0.1, -0.05) is 26.7 Å². The van der Waals surface area contributed by atoms with E-state index < -0.39 is 48.9 Å². The third-order valence-corrected chi connectivity index (χ3v) is 5.66. The zero-order chi connectivity index (χ0) is 23.2. The number of carbonyl (C=O) groups excluding carboxylic acids is 4. The number of rotatable bonds is 14. The Hall–Kier alpha value is -0.917. The van der Waals surface area contributed by atoms with Crippen LogP contribution < -0.4 is 10.2 Å². The van der Waals surface area contributed by atoms with Crippen LogP contribution in [0.1, 0.15) is 92.9 Å². The Balaban J connectivity index is -0.000000350. The van der Waals surface area contributed by atoms with Gasteiger partial charge < -0.3 is 19.8 Å². The predicted octanol–water partition coefficient (Wildman–Crippen LogP) is 1.52. The molecule has 29 heavy (non-hydrogen) atoms. The van der Waals surface area contributed by atoms with Crippen LogP contribution in [0.2, 0.25) is 0 Å². The molecular weight excluding hydrogens is 459 g/mol. The second-order valence-electron chi connectivity index (χ2n) is 6.80. The van der Waals surface area contributed by atoms with Crippen LogP contribution >= 0.6 is 0 Å². The molecule has 0 amide bonds. The smallest absolute Gasteiger partial charge is 0.138 e. The molecule has 9 heteroatoms. The molecule has 0 aliphatic rings. The van der Waals surface area contributed by atoms with Crippen LogP contribution in [0.15, 0.2) is 0 Å². The first kappa shape index (κ1) is 32.7. The molecular formula is C20H36O8Zr. The molecule has 0 rings (SSSR count). The van der Waals surface area contributed by atoms with E-state index in [1.807, 2.05) is 41.5 Å². The second-order valence-corrected chi connectivity index (χ2v) is 8.37. The molecule has 0 saturated carbocycles. The molecule has 0 bridgehead atoms. The fourth-order valence-electron chi connectivity index (χ4n) is 1.47. The van der Waals surface area contributed by atoms with E-state index in [1.165, 1.54) is 0 Å². The number of aliphatic carboxylic acids is 2. The number of hydrogen-bond acceptors (Lipinski definition) is 8. The van der Waals surface area contributed by atoms with Crippen molar-refractivity contribution in [2.75, 3.05) is 0 Å². The zero-order valence-corrected chi connectivity index (χ0v) is 21.0. The van der Waals surface area contributed by atoms with E-state index in [0.29, 0.717) is 25.0 Å². The van der Waals surface area contributed by atoms with Crippen molar-refractivity contribution in [3.63, 3.8) is 0 Å². The Morgan fingerprint density at radius 1 is 0.724 bits per heavy atom. The van der Waals surface area contributed by atoms with E-state index in [4.69, 9.17) is 5.63 Å². The fraction of sp³-hybridized carbons (Fsp3) is 0.800. The number of hydrogen-bond donors (Lipinski definition) is 0. The molecule has 0 aliphatic carbocycles. The molecule has 0 fully saturated rings. The topological polar surface area (TPSA) is 133 Å². The Bertz CT molecular complexity index is 410.